The summed E-state index contributed by atoms with van der Waals surface area (Å²) in [5.74, 6) is 0.860. The smallest absolute Gasteiger partial charge is 0.303 e. The van der Waals surface area contributed by atoms with Gasteiger partial charge in [0.1, 0.15) is 11.7 Å². The van der Waals surface area contributed by atoms with Gasteiger partial charge in [0.15, 0.2) is 0 Å². The van der Waals surface area contributed by atoms with Gasteiger partial charge < -0.3 is 9.84 Å². The van der Waals surface area contributed by atoms with Gasteiger partial charge in [-0.05, 0) is 23.6 Å². The number of rotatable bonds is 3. The van der Waals surface area contributed by atoms with Crippen LogP contribution in [0.15, 0.2) is 23.1 Å². The fourth-order valence-corrected chi connectivity index (χ4v) is 2.40. The van der Waals surface area contributed by atoms with Crippen molar-refractivity contribution in [3.63, 3.8) is 0 Å². The maximum Gasteiger partial charge on any atom is 0.303 e. The summed E-state index contributed by atoms with van der Waals surface area (Å²) in [6, 6.07) is 5.89. The monoisotopic (exact) mass is 224 g/mol. The van der Waals surface area contributed by atoms with Gasteiger partial charge in [-0.2, -0.15) is 0 Å². The summed E-state index contributed by atoms with van der Waals surface area (Å²) in [6.07, 6.45) is 0.171. The number of hydrogen-bond donors (Lipinski definition) is 1. The van der Waals surface area contributed by atoms with Crippen molar-refractivity contribution in [3.05, 3.63) is 23.8 Å². The molecule has 1 unspecified atom stereocenters. The molecule has 1 heterocycles. The Morgan fingerprint density at radius 1 is 1.67 bits per heavy atom. The molecular formula is C11H12O3S. The highest BCUT2D eigenvalue weighted by Crippen LogP contribution is 2.38. The number of fused-ring (bicyclic) bond motifs is 1. The molecule has 4 heteroatoms. The van der Waals surface area contributed by atoms with E-state index < -0.39 is 5.97 Å². The lowest BCUT2D eigenvalue weighted by Crippen LogP contribution is -2.02. The summed E-state index contributed by atoms with van der Waals surface area (Å²) in [5.41, 5.74) is 1.06. The van der Waals surface area contributed by atoms with E-state index in [-0.39, 0.29) is 12.3 Å². The van der Waals surface area contributed by atoms with Gasteiger partial charge in [0.05, 0.1) is 11.3 Å². The summed E-state index contributed by atoms with van der Waals surface area (Å²) >= 11 is 1.65. The quantitative estimate of drug-likeness (QED) is 0.857. The van der Waals surface area contributed by atoms with Gasteiger partial charge in [-0.15, -0.1) is 0 Å². The summed E-state index contributed by atoms with van der Waals surface area (Å²) in [5, 5.41) is 8.71. The standard InChI is InChI=1S/C11H12O3S/c1-7(4-11(12)13)8-2-3-9-10(5-8)15-6-14-9/h2-3,5,7H,4,6H2,1H3,(H,12,13). The van der Waals surface area contributed by atoms with Crippen LogP contribution in [-0.2, 0) is 4.79 Å². The van der Waals surface area contributed by atoms with Gasteiger partial charge in [-0.3, -0.25) is 4.79 Å². The molecule has 3 nitrogen and oxygen atoms in total. The maximum atomic E-state index is 10.6. The van der Waals surface area contributed by atoms with Crippen LogP contribution in [-0.4, -0.2) is 17.0 Å². The molecular weight excluding hydrogens is 212 g/mol. The number of carbonyl (C=O) groups is 1. The van der Waals surface area contributed by atoms with Gasteiger partial charge in [-0.1, -0.05) is 24.8 Å². The Hall–Kier alpha value is -1.16. The van der Waals surface area contributed by atoms with Crippen molar-refractivity contribution in [2.24, 2.45) is 0 Å². The first kappa shape index (κ1) is 10.4. The highest BCUT2D eigenvalue weighted by atomic mass is 32.2. The lowest BCUT2D eigenvalue weighted by Gasteiger charge is -2.09. The molecule has 1 N–H and O–H groups in total. The van der Waals surface area contributed by atoms with Crippen molar-refractivity contribution in [3.8, 4) is 5.75 Å². The first-order valence-electron chi connectivity index (χ1n) is 4.78. The second-order valence-electron chi connectivity index (χ2n) is 3.61. The Labute approximate surface area is 92.4 Å². The van der Waals surface area contributed by atoms with Gasteiger partial charge in [0.2, 0.25) is 0 Å². The van der Waals surface area contributed by atoms with Crippen LogP contribution in [0.1, 0.15) is 24.8 Å². The molecule has 1 atom stereocenters. The lowest BCUT2D eigenvalue weighted by atomic mass is 9.98. The molecule has 0 spiro atoms. The van der Waals surface area contributed by atoms with Crippen LogP contribution in [0.3, 0.4) is 0 Å². The highest BCUT2D eigenvalue weighted by molar-refractivity contribution is 7.99. The molecule has 0 radical (unpaired) electrons. The average molecular weight is 224 g/mol. The molecule has 0 saturated carbocycles. The molecule has 1 aliphatic heterocycles. The summed E-state index contributed by atoms with van der Waals surface area (Å²) in [7, 11) is 0. The molecule has 0 bridgehead atoms. The average Bonchev–Trinajstić information content (AvgIpc) is 2.62. The minimum Gasteiger partial charge on any atom is -0.481 e. The minimum absolute atomic E-state index is 0.0500. The molecule has 1 aliphatic rings. The van der Waals surface area contributed by atoms with Crippen LogP contribution in [0, 0.1) is 0 Å². The maximum absolute atomic E-state index is 10.6. The number of carboxylic acid groups (broad SMARTS) is 1. The van der Waals surface area contributed by atoms with E-state index in [0.717, 1.165) is 16.2 Å². The molecule has 0 aromatic heterocycles. The zero-order valence-corrected chi connectivity index (χ0v) is 9.21. The van der Waals surface area contributed by atoms with Crippen LogP contribution in [0.5, 0.6) is 5.75 Å². The molecule has 15 heavy (non-hydrogen) atoms. The van der Waals surface area contributed by atoms with E-state index in [2.05, 4.69) is 0 Å². The third kappa shape index (κ3) is 2.26. The predicted octanol–water partition coefficient (Wildman–Crippen LogP) is 2.71. The van der Waals surface area contributed by atoms with Gasteiger partial charge in [-0.25, -0.2) is 0 Å². The Bertz CT molecular complexity index is 389. The van der Waals surface area contributed by atoms with Crippen molar-refractivity contribution in [2.45, 2.75) is 24.2 Å². The van der Waals surface area contributed by atoms with Crippen molar-refractivity contribution >= 4 is 17.7 Å². The lowest BCUT2D eigenvalue weighted by molar-refractivity contribution is -0.137. The summed E-state index contributed by atoms with van der Waals surface area (Å²) < 4.78 is 5.36. The van der Waals surface area contributed by atoms with E-state index in [4.69, 9.17) is 9.84 Å². The van der Waals surface area contributed by atoms with Crippen LogP contribution in [0.4, 0.5) is 0 Å². The fraction of sp³-hybridized carbons (Fsp3) is 0.364. The summed E-state index contributed by atoms with van der Waals surface area (Å²) in [6.45, 7) is 1.93. The van der Waals surface area contributed by atoms with E-state index in [0.29, 0.717) is 5.94 Å². The van der Waals surface area contributed by atoms with E-state index in [1.807, 2.05) is 25.1 Å². The Kier molecular flexibility index (Phi) is 2.86. The number of ether oxygens (including phenoxy) is 1. The number of benzene rings is 1. The van der Waals surface area contributed by atoms with Crippen molar-refractivity contribution in [2.75, 3.05) is 5.94 Å². The number of hydrogen-bond acceptors (Lipinski definition) is 3. The molecule has 80 valence electrons. The van der Waals surface area contributed by atoms with Gasteiger partial charge >= 0.3 is 5.97 Å². The zero-order chi connectivity index (χ0) is 10.8. The largest absolute Gasteiger partial charge is 0.481 e. The second kappa shape index (κ2) is 4.14. The Morgan fingerprint density at radius 2 is 2.47 bits per heavy atom. The highest BCUT2D eigenvalue weighted by Gasteiger charge is 2.16. The minimum atomic E-state index is -0.757. The Morgan fingerprint density at radius 3 is 3.20 bits per heavy atom. The normalized spacial score (nSPS) is 15.5. The summed E-state index contributed by atoms with van der Waals surface area (Å²) in [4.78, 5) is 11.7. The topological polar surface area (TPSA) is 46.5 Å². The molecule has 1 aromatic carbocycles. The molecule has 1 aromatic rings. The molecule has 0 amide bonds. The molecule has 2 rings (SSSR count). The van der Waals surface area contributed by atoms with E-state index in [1.165, 1.54) is 0 Å². The van der Waals surface area contributed by atoms with Crippen LogP contribution < -0.4 is 4.74 Å². The van der Waals surface area contributed by atoms with E-state index in [1.54, 1.807) is 11.8 Å². The van der Waals surface area contributed by atoms with Crippen LogP contribution >= 0.6 is 11.8 Å². The third-order valence-corrected chi connectivity index (χ3v) is 3.31. The fourth-order valence-electron chi connectivity index (χ4n) is 1.60. The van der Waals surface area contributed by atoms with Crippen molar-refractivity contribution in [1.82, 2.24) is 0 Å². The predicted molar refractivity (Wildman–Crippen MR) is 58.5 cm³/mol. The molecule has 0 fully saturated rings. The third-order valence-electron chi connectivity index (χ3n) is 2.45. The van der Waals surface area contributed by atoms with Gasteiger partial charge in [0, 0.05) is 0 Å². The Balaban J connectivity index is 2.19. The van der Waals surface area contributed by atoms with Crippen LogP contribution in [0.2, 0.25) is 0 Å². The van der Waals surface area contributed by atoms with Crippen molar-refractivity contribution in [1.29, 1.82) is 0 Å². The number of thioether (sulfide) groups is 1. The number of aliphatic carboxylic acids is 1. The zero-order valence-electron chi connectivity index (χ0n) is 8.40. The second-order valence-corrected chi connectivity index (χ2v) is 4.58. The SMILES string of the molecule is CC(CC(=O)O)c1ccc2c(c1)SCO2. The van der Waals surface area contributed by atoms with Gasteiger partial charge in [0.25, 0.3) is 0 Å². The van der Waals surface area contributed by atoms with Crippen molar-refractivity contribution < 1.29 is 14.6 Å². The number of carboxylic acids is 1. The van der Waals surface area contributed by atoms with Crippen LogP contribution in [0.25, 0.3) is 0 Å². The molecule has 0 aliphatic carbocycles. The first-order chi connectivity index (χ1) is 7.16. The first-order valence-corrected chi connectivity index (χ1v) is 5.76. The van der Waals surface area contributed by atoms with E-state index >= 15 is 0 Å². The van der Waals surface area contributed by atoms with E-state index in [9.17, 15) is 4.79 Å². The molecule has 0 saturated heterocycles.